The lowest BCUT2D eigenvalue weighted by atomic mass is 9.57. The quantitative estimate of drug-likeness (QED) is 0.191. The summed E-state index contributed by atoms with van der Waals surface area (Å²) in [4.78, 5) is 52.2. The minimum Gasteiger partial charge on any atom is -0.456 e. The van der Waals surface area contributed by atoms with Crippen molar-refractivity contribution in [2.24, 2.45) is 29.6 Å². The molecule has 3 unspecified atom stereocenters. The number of nitrogens with one attached hydrogen (secondary N) is 1. The molecule has 1 amide bonds. The molecule has 0 aromatic heterocycles. The number of aliphatic hydroxyl groups is 1. The van der Waals surface area contributed by atoms with Crippen LogP contribution in [0, 0.1) is 29.6 Å². The van der Waals surface area contributed by atoms with Crippen molar-refractivity contribution in [3.8, 4) is 0 Å². The summed E-state index contributed by atoms with van der Waals surface area (Å²) in [6, 6.07) is 9.16. The van der Waals surface area contributed by atoms with Crippen LogP contribution >= 0.6 is 0 Å². The molecule has 12 atom stereocenters. The van der Waals surface area contributed by atoms with Gasteiger partial charge in [0.05, 0.1) is 6.10 Å². The van der Waals surface area contributed by atoms with E-state index in [9.17, 15) is 24.3 Å². The second-order valence-electron chi connectivity index (χ2n) is 13.9. The minimum atomic E-state index is -1.10. The van der Waals surface area contributed by atoms with Gasteiger partial charge in [0.1, 0.15) is 30.0 Å². The lowest BCUT2D eigenvalue weighted by molar-refractivity contribution is -0.180. The van der Waals surface area contributed by atoms with Crippen LogP contribution in [0.25, 0.3) is 0 Å². The van der Waals surface area contributed by atoms with E-state index in [-0.39, 0.29) is 30.7 Å². The van der Waals surface area contributed by atoms with Gasteiger partial charge in [0.15, 0.2) is 6.10 Å². The Morgan fingerprint density at radius 2 is 1.90 bits per heavy atom. The SMILES string of the molecule is CO[C@H]1C[C@H]2C=CC3C4C(O)[C@@H](C)[C@@H](OC(=O)C5=CC=CC5)[C@@H]3O[C@]42/C(C)=C/[C@@H](C)[C@@H]([C@@H](C)OC(=O)C(=O)NCc2ccccc2)OC1=O. The van der Waals surface area contributed by atoms with E-state index < -0.39 is 77.9 Å². The van der Waals surface area contributed by atoms with Crippen LogP contribution in [-0.2, 0) is 49.4 Å². The lowest BCUT2D eigenvalue weighted by Crippen LogP contribution is -2.57. The monoisotopic (exact) mass is 675 g/mol. The summed E-state index contributed by atoms with van der Waals surface area (Å²) in [6.07, 6.45) is 7.02. The van der Waals surface area contributed by atoms with Crippen LogP contribution < -0.4 is 5.32 Å². The predicted molar refractivity (Wildman–Crippen MR) is 176 cm³/mol. The van der Waals surface area contributed by atoms with Gasteiger partial charge in [0.2, 0.25) is 0 Å². The van der Waals surface area contributed by atoms with E-state index >= 15 is 0 Å². The third-order valence-corrected chi connectivity index (χ3v) is 10.9. The summed E-state index contributed by atoms with van der Waals surface area (Å²) >= 11 is 0. The Morgan fingerprint density at radius 3 is 2.59 bits per heavy atom. The molecular weight excluding hydrogens is 630 g/mol. The van der Waals surface area contributed by atoms with E-state index in [1.807, 2.05) is 81.5 Å². The highest BCUT2D eigenvalue weighted by Gasteiger charge is 2.69. The van der Waals surface area contributed by atoms with Gasteiger partial charge in [-0.3, -0.25) is 4.79 Å². The number of aliphatic hydroxyl groups excluding tert-OH is 1. The Kier molecular flexibility index (Phi) is 9.97. The van der Waals surface area contributed by atoms with Crippen LogP contribution in [0.3, 0.4) is 0 Å². The zero-order valence-corrected chi connectivity index (χ0v) is 28.4. The smallest absolute Gasteiger partial charge is 0.397 e. The number of hydrogen-bond acceptors (Lipinski definition) is 10. The fourth-order valence-electron chi connectivity index (χ4n) is 8.42. The van der Waals surface area contributed by atoms with Crippen molar-refractivity contribution in [2.75, 3.05) is 7.11 Å². The summed E-state index contributed by atoms with van der Waals surface area (Å²) in [5.74, 6) is -5.01. The number of rotatable bonds is 7. The molecule has 2 aliphatic heterocycles. The van der Waals surface area contributed by atoms with Gasteiger partial charge in [-0.15, -0.1) is 0 Å². The number of benzene rings is 1. The first-order valence-electron chi connectivity index (χ1n) is 17.0. The Morgan fingerprint density at radius 1 is 1.14 bits per heavy atom. The molecule has 2 fully saturated rings. The molecule has 4 bridgehead atoms. The Bertz CT molecular complexity index is 1580. The zero-order valence-electron chi connectivity index (χ0n) is 28.4. The summed E-state index contributed by atoms with van der Waals surface area (Å²) in [6.45, 7) is 7.37. The summed E-state index contributed by atoms with van der Waals surface area (Å²) < 4.78 is 30.3. The average molecular weight is 676 g/mol. The molecule has 1 spiro atoms. The molecule has 49 heavy (non-hydrogen) atoms. The molecular formula is C38H45NO10. The van der Waals surface area contributed by atoms with Crippen LogP contribution in [0.1, 0.15) is 46.1 Å². The van der Waals surface area contributed by atoms with E-state index in [1.165, 1.54) is 7.11 Å². The highest BCUT2D eigenvalue weighted by molar-refractivity contribution is 6.32. The number of hydrogen-bond donors (Lipinski definition) is 2. The average Bonchev–Trinajstić information content (AvgIpc) is 3.70. The van der Waals surface area contributed by atoms with Crippen molar-refractivity contribution < 1.29 is 48.0 Å². The van der Waals surface area contributed by atoms with Crippen molar-refractivity contribution in [3.63, 3.8) is 0 Å². The van der Waals surface area contributed by atoms with Crippen molar-refractivity contribution in [1.29, 1.82) is 0 Å². The Balaban J connectivity index is 1.27. The summed E-state index contributed by atoms with van der Waals surface area (Å²) in [5.41, 5.74) is 1.14. The predicted octanol–water partition coefficient (Wildman–Crippen LogP) is 3.51. The van der Waals surface area contributed by atoms with Crippen molar-refractivity contribution >= 4 is 23.8 Å². The van der Waals surface area contributed by atoms with Gasteiger partial charge in [0, 0.05) is 48.8 Å². The number of allylic oxidation sites excluding steroid dienone is 3. The van der Waals surface area contributed by atoms with Gasteiger partial charge >= 0.3 is 23.8 Å². The van der Waals surface area contributed by atoms with Crippen LogP contribution in [0.4, 0.5) is 0 Å². The molecule has 11 nitrogen and oxygen atoms in total. The normalized spacial score (nSPS) is 37.9. The number of amides is 1. The van der Waals surface area contributed by atoms with E-state index in [1.54, 1.807) is 13.0 Å². The fourth-order valence-corrected chi connectivity index (χ4v) is 8.42. The Labute approximate surface area is 286 Å². The summed E-state index contributed by atoms with van der Waals surface area (Å²) in [7, 11) is 1.42. The van der Waals surface area contributed by atoms with Crippen molar-refractivity contribution in [1.82, 2.24) is 5.32 Å². The second-order valence-corrected chi connectivity index (χ2v) is 13.9. The standard InChI is InChI=1S/C38H45NO10/c1-20-17-21(2)38-26(15-16-27-29(38)30(40)22(3)32(33(27)49-38)48-35(42)25-13-9-10-14-25)18-28(45-5)36(43)47-31(20)23(4)46-37(44)34(41)39-19-24-11-7-6-8-12-24/h6-13,15-17,20,22-23,26-33,40H,14,18-19H2,1-5H3,(H,39,41)/b21-17+/t20-,22-,23-,26-,27?,28+,29?,30?,31+,32-,33-,38+/m1/s1. The molecule has 2 N–H and O–H groups in total. The number of carbonyl (C=O) groups excluding carboxylic acids is 4. The van der Waals surface area contributed by atoms with Crippen LogP contribution in [0.5, 0.6) is 0 Å². The molecule has 0 radical (unpaired) electrons. The van der Waals surface area contributed by atoms with E-state index in [2.05, 4.69) is 5.32 Å². The molecule has 1 aromatic rings. The maximum Gasteiger partial charge on any atom is 0.397 e. The molecule has 3 aliphatic carbocycles. The topological polar surface area (TPSA) is 147 Å². The van der Waals surface area contributed by atoms with Crippen LogP contribution in [0.15, 0.2) is 77.9 Å². The van der Waals surface area contributed by atoms with Gasteiger partial charge in [0.25, 0.3) is 0 Å². The maximum atomic E-state index is 13.6. The van der Waals surface area contributed by atoms with Crippen LogP contribution in [0.2, 0.25) is 0 Å². The van der Waals surface area contributed by atoms with E-state index in [0.29, 0.717) is 12.0 Å². The third-order valence-electron chi connectivity index (χ3n) is 10.9. The van der Waals surface area contributed by atoms with E-state index in [0.717, 1.165) is 11.1 Å². The van der Waals surface area contributed by atoms with Crippen molar-refractivity contribution in [2.45, 2.75) is 89.3 Å². The first kappa shape index (κ1) is 34.8. The lowest BCUT2D eigenvalue weighted by Gasteiger charge is -2.49. The second kappa shape index (κ2) is 14.0. The van der Waals surface area contributed by atoms with Gasteiger partial charge in [-0.25, -0.2) is 14.4 Å². The molecule has 1 saturated heterocycles. The van der Waals surface area contributed by atoms with Crippen molar-refractivity contribution in [3.05, 3.63) is 83.5 Å². The number of cyclic esters (lactones) is 1. The summed E-state index contributed by atoms with van der Waals surface area (Å²) in [5, 5.41) is 14.5. The molecule has 1 aromatic carbocycles. The molecule has 5 aliphatic rings. The minimum absolute atomic E-state index is 0.149. The van der Waals surface area contributed by atoms with Gasteiger partial charge in [-0.1, -0.05) is 80.6 Å². The number of esters is 3. The van der Waals surface area contributed by atoms with Crippen LogP contribution in [-0.4, -0.2) is 78.3 Å². The number of methoxy groups -OCH3 is 1. The highest BCUT2D eigenvalue weighted by Crippen LogP contribution is 2.61. The highest BCUT2D eigenvalue weighted by atomic mass is 16.6. The van der Waals surface area contributed by atoms with Gasteiger partial charge in [-0.05, 0) is 37.8 Å². The molecule has 2 heterocycles. The largest absolute Gasteiger partial charge is 0.456 e. The molecule has 6 rings (SSSR count). The molecule has 262 valence electrons. The maximum absolute atomic E-state index is 13.6. The van der Waals surface area contributed by atoms with Gasteiger partial charge < -0.3 is 34.1 Å². The third kappa shape index (κ3) is 6.39. The fraction of sp³-hybridized carbons (Fsp3) is 0.526. The zero-order chi connectivity index (χ0) is 35.0. The number of carbonyl (C=O) groups is 4. The molecule has 1 saturated carbocycles. The van der Waals surface area contributed by atoms with Gasteiger partial charge in [-0.2, -0.15) is 0 Å². The first-order valence-corrected chi connectivity index (χ1v) is 17.0. The number of ether oxygens (including phenoxy) is 5. The Hall–Kier alpha value is -4.06. The van der Waals surface area contributed by atoms with E-state index in [4.69, 9.17) is 23.7 Å². The first-order chi connectivity index (χ1) is 23.5. The molecule has 11 heteroatoms.